The Hall–Kier alpha value is -1.10. The highest BCUT2D eigenvalue weighted by atomic mass is 16.6. The smallest absolute Gasteiger partial charge is 0.323 e. The molecule has 1 heterocycles. The molecule has 0 aromatic rings. The van der Waals surface area contributed by atoms with E-state index in [1.165, 1.54) is 0 Å². The van der Waals surface area contributed by atoms with Gasteiger partial charge >= 0.3 is 5.97 Å². The lowest BCUT2D eigenvalue weighted by atomic mass is 10.2. The summed E-state index contributed by atoms with van der Waals surface area (Å²) in [4.78, 5) is 25.1. The zero-order valence-corrected chi connectivity index (χ0v) is 11.2. The van der Waals surface area contributed by atoms with Crippen LogP contribution in [0.3, 0.4) is 0 Å². The van der Waals surface area contributed by atoms with E-state index >= 15 is 0 Å². The number of likely N-dealkylation sites (N-methyl/N-ethyl adjacent to an activating group) is 1. The van der Waals surface area contributed by atoms with E-state index in [1.54, 1.807) is 18.9 Å². The Bertz CT molecular complexity index is 309. The number of hydrogen-bond acceptors (Lipinski definition) is 4. The van der Waals surface area contributed by atoms with Crippen LogP contribution in [0.1, 0.15) is 34.1 Å². The second-order valence-corrected chi connectivity index (χ2v) is 5.52. The van der Waals surface area contributed by atoms with Crippen LogP contribution < -0.4 is 5.32 Å². The van der Waals surface area contributed by atoms with Crippen molar-refractivity contribution in [3.05, 3.63) is 0 Å². The Morgan fingerprint density at radius 1 is 1.53 bits per heavy atom. The molecule has 98 valence electrons. The summed E-state index contributed by atoms with van der Waals surface area (Å²) < 4.78 is 5.25. The fourth-order valence-electron chi connectivity index (χ4n) is 1.74. The van der Waals surface area contributed by atoms with Gasteiger partial charge in [-0.2, -0.15) is 0 Å². The third-order valence-corrected chi connectivity index (χ3v) is 2.64. The summed E-state index contributed by atoms with van der Waals surface area (Å²) in [5, 5.41) is 3.02. The van der Waals surface area contributed by atoms with E-state index in [0.29, 0.717) is 0 Å². The highest BCUT2D eigenvalue weighted by molar-refractivity contribution is 5.85. The normalized spacial score (nSPS) is 22.8. The van der Waals surface area contributed by atoms with E-state index in [0.717, 1.165) is 13.0 Å². The van der Waals surface area contributed by atoms with Crippen molar-refractivity contribution in [3.8, 4) is 0 Å². The number of carbonyl (C=O) groups excluding carboxylic acids is 2. The first-order chi connectivity index (χ1) is 7.70. The van der Waals surface area contributed by atoms with Gasteiger partial charge in [0.05, 0.1) is 6.04 Å². The molecule has 0 aromatic carbocycles. The first kappa shape index (κ1) is 14.0. The molecule has 5 heteroatoms. The minimum absolute atomic E-state index is 0.0420. The second kappa shape index (κ2) is 5.04. The van der Waals surface area contributed by atoms with Crippen molar-refractivity contribution in [3.63, 3.8) is 0 Å². The van der Waals surface area contributed by atoms with Crippen molar-refractivity contribution in [2.24, 2.45) is 0 Å². The molecule has 2 atom stereocenters. The lowest BCUT2D eigenvalue weighted by molar-refractivity contribution is -0.157. The third-order valence-electron chi connectivity index (χ3n) is 2.64. The number of ether oxygens (including phenoxy) is 1. The maximum atomic E-state index is 11.7. The van der Waals surface area contributed by atoms with Gasteiger partial charge in [-0.25, -0.2) is 0 Å². The minimum Gasteiger partial charge on any atom is -0.459 e. The van der Waals surface area contributed by atoms with Crippen molar-refractivity contribution in [1.29, 1.82) is 0 Å². The molecule has 0 bridgehead atoms. The summed E-state index contributed by atoms with van der Waals surface area (Å²) in [6, 6.07) is -0.725. The molecule has 0 saturated carbocycles. The Kier molecular flexibility index (Phi) is 4.14. The molecule has 1 amide bonds. The zero-order valence-electron chi connectivity index (χ0n) is 11.2. The standard InChI is InChI=1S/C12H22N2O3/c1-8(11(16)17-12(2,3)4)13-9-6-7-14(5)10(9)15/h8-9,13H,6-7H2,1-5H3. The summed E-state index contributed by atoms with van der Waals surface area (Å²) in [6.07, 6.45) is 0.739. The Labute approximate surface area is 102 Å². The molecular formula is C12H22N2O3. The molecule has 1 aliphatic rings. The quantitative estimate of drug-likeness (QED) is 0.734. The predicted molar refractivity (Wildman–Crippen MR) is 64.5 cm³/mol. The van der Waals surface area contributed by atoms with E-state index in [-0.39, 0.29) is 17.9 Å². The van der Waals surface area contributed by atoms with Crippen LogP contribution in [-0.4, -0.2) is 48.1 Å². The maximum Gasteiger partial charge on any atom is 0.323 e. The SMILES string of the molecule is CC(NC1CCN(C)C1=O)C(=O)OC(C)(C)C. The number of likely N-dealkylation sites (tertiary alicyclic amines) is 1. The van der Waals surface area contributed by atoms with Crippen LogP contribution >= 0.6 is 0 Å². The molecular weight excluding hydrogens is 220 g/mol. The summed E-state index contributed by atoms with van der Waals surface area (Å²) >= 11 is 0. The van der Waals surface area contributed by atoms with Gasteiger partial charge in [-0.05, 0) is 34.1 Å². The van der Waals surface area contributed by atoms with Gasteiger partial charge in [0.15, 0.2) is 0 Å². The topological polar surface area (TPSA) is 58.6 Å². The first-order valence-electron chi connectivity index (χ1n) is 5.94. The summed E-state index contributed by atoms with van der Waals surface area (Å²) in [5.41, 5.74) is -0.497. The van der Waals surface area contributed by atoms with E-state index in [4.69, 9.17) is 4.74 Å². The molecule has 1 aliphatic heterocycles. The third kappa shape index (κ3) is 4.00. The Balaban J connectivity index is 2.47. The largest absolute Gasteiger partial charge is 0.459 e. The second-order valence-electron chi connectivity index (χ2n) is 5.52. The van der Waals surface area contributed by atoms with Gasteiger partial charge < -0.3 is 9.64 Å². The molecule has 2 unspecified atom stereocenters. The number of esters is 1. The number of nitrogens with one attached hydrogen (secondary N) is 1. The van der Waals surface area contributed by atoms with Crippen molar-refractivity contribution < 1.29 is 14.3 Å². The van der Waals surface area contributed by atoms with Crippen LogP contribution in [0, 0.1) is 0 Å². The number of nitrogens with zero attached hydrogens (tertiary/aromatic N) is 1. The Morgan fingerprint density at radius 2 is 2.12 bits per heavy atom. The monoisotopic (exact) mass is 242 g/mol. The molecule has 0 aromatic heterocycles. The highest BCUT2D eigenvalue weighted by Gasteiger charge is 2.32. The van der Waals surface area contributed by atoms with E-state index in [9.17, 15) is 9.59 Å². The van der Waals surface area contributed by atoms with E-state index in [1.807, 2.05) is 20.8 Å². The minimum atomic E-state index is -0.497. The summed E-state index contributed by atoms with van der Waals surface area (Å²) in [7, 11) is 1.77. The van der Waals surface area contributed by atoms with E-state index < -0.39 is 11.6 Å². The average Bonchev–Trinajstić information content (AvgIpc) is 2.47. The molecule has 0 aliphatic carbocycles. The molecule has 1 fully saturated rings. The van der Waals surface area contributed by atoms with Gasteiger partial charge in [-0.15, -0.1) is 0 Å². The molecule has 5 nitrogen and oxygen atoms in total. The number of amides is 1. The van der Waals surface area contributed by atoms with Crippen molar-refractivity contribution in [1.82, 2.24) is 10.2 Å². The highest BCUT2D eigenvalue weighted by Crippen LogP contribution is 2.12. The summed E-state index contributed by atoms with van der Waals surface area (Å²) in [5.74, 6) is -0.278. The van der Waals surface area contributed by atoms with Crippen molar-refractivity contribution in [2.75, 3.05) is 13.6 Å². The zero-order chi connectivity index (χ0) is 13.2. The number of rotatable bonds is 3. The van der Waals surface area contributed by atoms with Crippen molar-refractivity contribution in [2.45, 2.75) is 51.8 Å². The molecule has 0 spiro atoms. The van der Waals surface area contributed by atoms with Gasteiger partial charge in [-0.3, -0.25) is 14.9 Å². The first-order valence-corrected chi connectivity index (χ1v) is 5.94. The maximum absolute atomic E-state index is 11.7. The average molecular weight is 242 g/mol. The van der Waals surface area contributed by atoms with Gasteiger partial charge in [0.2, 0.25) is 5.91 Å². The summed E-state index contributed by atoms with van der Waals surface area (Å²) in [6.45, 7) is 7.93. The van der Waals surface area contributed by atoms with Crippen LogP contribution in [0.2, 0.25) is 0 Å². The fraction of sp³-hybridized carbons (Fsp3) is 0.833. The van der Waals surface area contributed by atoms with Gasteiger partial charge in [-0.1, -0.05) is 0 Å². The predicted octanol–water partition coefficient (Wildman–Crippen LogP) is 0.537. The van der Waals surface area contributed by atoms with Crippen LogP contribution in [-0.2, 0) is 14.3 Å². The molecule has 17 heavy (non-hydrogen) atoms. The molecule has 1 rings (SSSR count). The fourth-order valence-corrected chi connectivity index (χ4v) is 1.74. The van der Waals surface area contributed by atoms with Crippen LogP contribution in [0.15, 0.2) is 0 Å². The number of hydrogen-bond donors (Lipinski definition) is 1. The van der Waals surface area contributed by atoms with Gasteiger partial charge in [0, 0.05) is 13.6 Å². The lowest BCUT2D eigenvalue weighted by Crippen LogP contribution is -2.47. The van der Waals surface area contributed by atoms with Crippen LogP contribution in [0.5, 0.6) is 0 Å². The number of carbonyl (C=O) groups is 2. The molecule has 1 saturated heterocycles. The van der Waals surface area contributed by atoms with Gasteiger partial charge in [0.1, 0.15) is 11.6 Å². The van der Waals surface area contributed by atoms with Gasteiger partial charge in [0.25, 0.3) is 0 Å². The lowest BCUT2D eigenvalue weighted by Gasteiger charge is -2.24. The molecule has 1 N–H and O–H groups in total. The van der Waals surface area contributed by atoms with Crippen LogP contribution in [0.25, 0.3) is 0 Å². The van der Waals surface area contributed by atoms with E-state index in [2.05, 4.69) is 5.32 Å². The van der Waals surface area contributed by atoms with Crippen LogP contribution in [0.4, 0.5) is 0 Å². The Morgan fingerprint density at radius 3 is 2.53 bits per heavy atom. The molecule has 0 radical (unpaired) electrons. The van der Waals surface area contributed by atoms with Crippen molar-refractivity contribution >= 4 is 11.9 Å².